The molecular formula is C27H27F5N2O3. The van der Waals surface area contributed by atoms with E-state index in [1.807, 2.05) is 31.2 Å². The molecule has 3 aromatic carbocycles. The van der Waals surface area contributed by atoms with E-state index in [9.17, 15) is 31.9 Å². The Balaban J connectivity index is 1.73. The Morgan fingerprint density at radius 2 is 1.62 bits per heavy atom. The Hall–Kier alpha value is -3.50. The van der Waals surface area contributed by atoms with Crippen LogP contribution < -0.4 is 15.4 Å². The van der Waals surface area contributed by atoms with Gasteiger partial charge >= 0.3 is 6.36 Å². The van der Waals surface area contributed by atoms with Crippen LogP contribution in [-0.2, 0) is 19.4 Å². The standard InChI is InChI=1S/C27H27F5N2O3/c1-2-17-5-3-6-18(9-17)15-33-16-25(35)24(12-19-10-21(28)14-22(29)11-19)34-26(36)20-7-4-8-23(13-20)37-27(30,31)32/h3-11,13-14,24-25,33,35H,2,12,15-16H2,1H3,(H,34,36)/t24-,25+/m0/s1. The number of carbonyl (C=O) groups excluding carboxylic acids is 1. The molecule has 0 spiro atoms. The van der Waals surface area contributed by atoms with Crippen molar-refractivity contribution in [2.45, 2.75) is 44.8 Å². The summed E-state index contributed by atoms with van der Waals surface area (Å²) < 4.78 is 69.0. The van der Waals surface area contributed by atoms with E-state index in [1.165, 1.54) is 12.1 Å². The zero-order valence-electron chi connectivity index (χ0n) is 20.0. The molecule has 5 nitrogen and oxygen atoms in total. The molecule has 3 rings (SSSR count). The third-order valence-electron chi connectivity index (χ3n) is 5.57. The first-order chi connectivity index (χ1) is 17.5. The number of amides is 1. The first-order valence-corrected chi connectivity index (χ1v) is 11.6. The highest BCUT2D eigenvalue weighted by atomic mass is 19.4. The number of ether oxygens (including phenoxy) is 1. The smallest absolute Gasteiger partial charge is 0.406 e. The maximum absolute atomic E-state index is 13.7. The molecule has 3 aromatic rings. The lowest BCUT2D eigenvalue weighted by molar-refractivity contribution is -0.274. The lowest BCUT2D eigenvalue weighted by Crippen LogP contribution is -2.48. The summed E-state index contributed by atoms with van der Waals surface area (Å²) >= 11 is 0. The van der Waals surface area contributed by atoms with Crippen molar-refractivity contribution >= 4 is 5.91 Å². The molecule has 0 fully saturated rings. The molecule has 0 saturated carbocycles. The van der Waals surface area contributed by atoms with Gasteiger partial charge in [-0.1, -0.05) is 37.3 Å². The molecule has 0 saturated heterocycles. The van der Waals surface area contributed by atoms with Crippen LogP contribution in [-0.4, -0.2) is 36.1 Å². The Kier molecular flexibility index (Phi) is 9.60. The number of aryl methyl sites for hydroxylation is 1. The van der Waals surface area contributed by atoms with Crippen molar-refractivity contribution in [2.24, 2.45) is 0 Å². The van der Waals surface area contributed by atoms with Gasteiger partial charge in [0, 0.05) is 24.7 Å². The van der Waals surface area contributed by atoms with Crippen molar-refractivity contribution in [2.75, 3.05) is 6.54 Å². The van der Waals surface area contributed by atoms with Crippen molar-refractivity contribution in [1.82, 2.24) is 10.6 Å². The largest absolute Gasteiger partial charge is 0.573 e. The van der Waals surface area contributed by atoms with E-state index >= 15 is 0 Å². The molecule has 1 amide bonds. The van der Waals surface area contributed by atoms with Gasteiger partial charge in [-0.3, -0.25) is 4.79 Å². The summed E-state index contributed by atoms with van der Waals surface area (Å²) in [7, 11) is 0. The number of benzene rings is 3. The van der Waals surface area contributed by atoms with Gasteiger partial charge in [-0.2, -0.15) is 0 Å². The number of aliphatic hydroxyl groups is 1. The highest BCUT2D eigenvalue weighted by Gasteiger charge is 2.31. The molecule has 0 aliphatic heterocycles. The van der Waals surface area contributed by atoms with Crippen LogP contribution in [0.2, 0.25) is 0 Å². The molecule has 198 valence electrons. The lowest BCUT2D eigenvalue weighted by atomic mass is 10.00. The van der Waals surface area contributed by atoms with Gasteiger partial charge in [-0.15, -0.1) is 13.2 Å². The van der Waals surface area contributed by atoms with Crippen molar-refractivity contribution in [3.63, 3.8) is 0 Å². The second kappa shape index (κ2) is 12.6. The second-order valence-electron chi connectivity index (χ2n) is 8.51. The number of rotatable bonds is 11. The van der Waals surface area contributed by atoms with E-state index in [-0.39, 0.29) is 24.1 Å². The van der Waals surface area contributed by atoms with E-state index in [0.717, 1.165) is 41.8 Å². The number of hydrogen-bond acceptors (Lipinski definition) is 4. The van der Waals surface area contributed by atoms with Crippen molar-refractivity contribution < 1.29 is 36.6 Å². The number of nitrogens with one attached hydrogen (secondary N) is 2. The molecule has 37 heavy (non-hydrogen) atoms. The Morgan fingerprint density at radius 1 is 0.946 bits per heavy atom. The SMILES string of the molecule is CCc1cccc(CNC[C@@H](O)[C@H](Cc2cc(F)cc(F)c2)NC(=O)c2cccc(OC(F)(F)F)c2)c1. The summed E-state index contributed by atoms with van der Waals surface area (Å²) in [6, 6.07) is 14.2. The van der Waals surface area contributed by atoms with E-state index in [4.69, 9.17) is 0 Å². The van der Waals surface area contributed by atoms with E-state index in [0.29, 0.717) is 12.6 Å². The van der Waals surface area contributed by atoms with Crippen LogP contribution in [0.15, 0.2) is 66.7 Å². The van der Waals surface area contributed by atoms with Gasteiger partial charge in [0.2, 0.25) is 0 Å². The fourth-order valence-corrected chi connectivity index (χ4v) is 3.82. The number of hydrogen-bond donors (Lipinski definition) is 3. The van der Waals surface area contributed by atoms with Gasteiger partial charge < -0.3 is 20.5 Å². The van der Waals surface area contributed by atoms with Crippen LogP contribution in [0, 0.1) is 11.6 Å². The highest BCUT2D eigenvalue weighted by molar-refractivity contribution is 5.94. The number of aliphatic hydroxyl groups excluding tert-OH is 1. The normalized spacial score (nSPS) is 13.2. The van der Waals surface area contributed by atoms with Crippen LogP contribution >= 0.6 is 0 Å². The lowest BCUT2D eigenvalue weighted by Gasteiger charge is -2.25. The van der Waals surface area contributed by atoms with Gasteiger partial charge in [0.25, 0.3) is 5.91 Å². The monoisotopic (exact) mass is 522 g/mol. The Labute approximate surface area is 211 Å². The first-order valence-electron chi connectivity index (χ1n) is 11.6. The summed E-state index contributed by atoms with van der Waals surface area (Å²) in [6.07, 6.45) is -5.39. The molecule has 0 heterocycles. The van der Waals surface area contributed by atoms with E-state index < -0.39 is 41.8 Å². The third kappa shape index (κ3) is 9.14. The topological polar surface area (TPSA) is 70.6 Å². The van der Waals surface area contributed by atoms with Crippen molar-refractivity contribution in [3.05, 3.63) is 101 Å². The number of halogens is 5. The minimum atomic E-state index is -4.93. The van der Waals surface area contributed by atoms with Gasteiger partial charge in [-0.25, -0.2) is 8.78 Å². The van der Waals surface area contributed by atoms with Crippen molar-refractivity contribution in [3.8, 4) is 5.75 Å². The predicted molar refractivity (Wildman–Crippen MR) is 128 cm³/mol. The molecule has 3 N–H and O–H groups in total. The molecule has 0 aliphatic carbocycles. The van der Waals surface area contributed by atoms with Crippen LogP contribution in [0.1, 0.15) is 34.0 Å². The first kappa shape index (κ1) is 28.1. The van der Waals surface area contributed by atoms with Crippen LogP contribution in [0.25, 0.3) is 0 Å². The molecule has 0 aromatic heterocycles. The van der Waals surface area contributed by atoms with Gasteiger partial charge in [0.1, 0.15) is 17.4 Å². The minimum absolute atomic E-state index is 0.0241. The quantitative estimate of drug-likeness (QED) is 0.313. The Morgan fingerprint density at radius 3 is 2.30 bits per heavy atom. The van der Waals surface area contributed by atoms with Crippen LogP contribution in [0.4, 0.5) is 22.0 Å². The zero-order chi connectivity index (χ0) is 27.0. The van der Waals surface area contributed by atoms with Gasteiger partial charge in [0.05, 0.1) is 12.1 Å². The maximum atomic E-state index is 13.7. The van der Waals surface area contributed by atoms with Gasteiger partial charge in [-0.05, 0) is 59.9 Å². The summed E-state index contributed by atoms with van der Waals surface area (Å²) in [5.41, 5.74) is 2.18. The number of carbonyl (C=O) groups is 1. The molecular weight excluding hydrogens is 495 g/mol. The second-order valence-corrected chi connectivity index (χ2v) is 8.51. The molecule has 0 radical (unpaired) electrons. The average molecular weight is 523 g/mol. The summed E-state index contributed by atoms with van der Waals surface area (Å²) in [6.45, 7) is 2.48. The van der Waals surface area contributed by atoms with Crippen molar-refractivity contribution in [1.29, 1.82) is 0 Å². The Bertz CT molecular complexity index is 1180. The predicted octanol–water partition coefficient (Wildman–Crippen LogP) is 4.92. The van der Waals surface area contributed by atoms with E-state index in [2.05, 4.69) is 15.4 Å². The molecule has 0 unspecified atom stereocenters. The highest BCUT2D eigenvalue weighted by Crippen LogP contribution is 2.23. The van der Waals surface area contributed by atoms with Crippen LogP contribution in [0.5, 0.6) is 5.75 Å². The number of alkyl halides is 3. The molecule has 0 aliphatic rings. The summed E-state index contributed by atoms with van der Waals surface area (Å²) in [5.74, 6) is -3.01. The van der Waals surface area contributed by atoms with E-state index in [1.54, 1.807) is 0 Å². The summed E-state index contributed by atoms with van der Waals surface area (Å²) in [5, 5.41) is 16.5. The fourth-order valence-electron chi connectivity index (χ4n) is 3.82. The fraction of sp³-hybridized carbons (Fsp3) is 0.296. The third-order valence-corrected chi connectivity index (χ3v) is 5.57. The van der Waals surface area contributed by atoms with Gasteiger partial charge in [0.15, 0.2) is 0 Å². The molecule has 0 bridgehead atoms. The summed E-state index contributed by atoms with van der Waals surface area (Å²) in [4.78, 5) is 12.8. The average Bonchev–Trinajstić information content (AvgIpc) is 2.82. The molecule has 10 heteroatoms. The van der Waals surface area contributed by atoms with Crippen LogP contribution in [0.3, 0.4) is 0 Å². The maximum Gasteiger partial charge on any atom is 0.573 e. The minimum Gasteiger partial charge on any atom is -0.406 e. The molecule has 2 atom stereocenters. The zero-order valence-corrected chi connectivity index (χ0v) is 20.0.